The van der Waals surface area contributed by atoms with E-state index in [2.05, 4.69) is 4.98 Å². The van der Waals surface area contributed by atoms with Crippen molar-refractivity contribution in [1.82, 2.24) is 9.88 Å². The van der Waals surface area contributed by atoms with Crippen LogP contribution < -0.4 is 4.90 Å². The third-order valence-electron chi connectivity index (χ3n) is 3.70. The number of aliphatic carboxylic acids is 1. The van der Waals surface area contributed by atoms with Crippen LogP contribution in [-0.4, -0.2) is 58.1 Å². The molecule has 0 aromatic carbocycles. The van der Waals surface area contributed by atoms with Gasteiger partial charge < -0.3 is 10.0 Å². The summed E-state index contributed by atoms with van der Waals surface area (Å²) in [7, 11) is 0. The van der Waals surface area contributed by atoms with E-state index in [0.29, 0.717) is 32.0 Å². The van der Waals surface area contributed by atoms with E-state index in [9.17, 15) is 14.9 Å². The Balaban J connectivity index is 2.12. The molecule has 8 nitrogen and oxygen atoms in total. The van der Waals surface area contributed by atoms with Gasteiger partial charge in [0.25, 0.3) is 0 Å². The Hall–Kier alpha value is -2.22. The van der Waals surface area contributed by atoms with E-state index in [0.717, 1.165) is 5.56 Å². The number of aryl methyl sites for hydroxylation is 1. The lowest BCUT2D eigenvalue weighted by molar-refractivity contribution is -0.384. The molecule has 0 amide bonds. The van der Waals surface area contributed by atoms with Crippen LogP contribution in [0.25, 0.3) is 0 Å². The molecule has 1 aliphatic rings. The Labute approximate surface area is 122 Å². The molecule has 0 spiro atoms. The highest BCUT2D eigenvalue weighted by atomic mass is 16.6. The number of nitrogens with zero attached hydrogens (tertiary/aromatic N) is 4. The van der Waals surface area contributed by atoms with Gasteiger partial charge in [0.2, 0.25) is 5.82 Å². The Morgan fingerprint density at radius 1 is 1.43 bits per heavy atom. The van der Waals surface area contributed by atoms with Gasteiger partial charge in [-0.05, 0) is 19.4 Å². The number of pyridine rings is 1. The standard InChI is InChI=1S/C13H18N4O4/c1-9-7-11(17(20)21)12(14-8-9)16-5-3-15(4-6-16)10(2)13(18)19/h7-8,10H,3-6H2,1-2H3,(H,18,19). The zero-order valence-electron chi connectivity index (χ0n) is 12.0. The Morgan fingerprint density at radius 3 is 2.57 bits per heavy atom. The topological polar surface area (TPSA) is 99.8 Å². The van der Waals surface area contributed by atoms with E-state index in [1.54, 1.807) is 20.0 Å². The second-order valence-electron chi connectivity index (χ2n) is 5.15. The van der Waals surface area contributed by atoms with Gasteiger partial charge in [-0.2, -0.15) is 0 Å². The molecule has 2 heterocycles. The van der Waals surface area contributed by atoms with Gasteiger partial charge in [-0.1, -0.05) is 0 Å². The highest BCUT2D eigenvalue weighted by molar-refractivity contribution is 5.73. The van der Waals surface area contributed by atoms with Crippen molar-refractivity contribution in [1.29, 1.82) is 0 Å². The van der Waals surface area contributed by atoms with Gasteiger partial charge in [0.1, 0.15) is 6.04 Å². The lowest BCUT2D eigenvalue weighted by Crippen LogP contribution is -2.52. The quantitative estimate of drug-likeness (QED) is 0.650. The minimum absolute atomic E-state index is 0.00488. The summed E-state index contributed by atoms with van der Waals surface area (Å²) in [5, 5.41) is 20.1. The van der Waals surface area contributed by atoms with Gasteiger partial charge in [-0.3, -0.25) is 19.8 Å². The first-order valence-electron chi connectivity index (χ1n) is 6.73. The van der Waals surface area contributed by atoms with Crippen LogP contribution in [0.3, 0.4) is 0 Å². The molecule has 1 aliphatic heterocycles. The fourth-order valence-corrected chi connectivity index (χ4v) is 2.40. The highest BCUT2D eigenvalue weighted by Gasteiger charge is 2.28. The average molecular weight is 294 g/mol. The number of nitro groups is 1. The third kappa shape index (κ3) is 3.27. The summed E-state index contributed by atoms with van der Waals surface area (Å²) in [6.07, 6.45) is 1.61. The first-order valence-corrected chi connectivity index (χ1v) is 6.73. The summed E-state index contributed by atoms with van der Waals surface area (Å²) < 4.78 is 0. The van der Waals surface area contributed by atoms with Crippen LogP contribution in [0.5, 0.6) is 0 Å². The van der Waals surface area contributed by atoms with Crippen LogP contribution in [0.4, 0.5) is 11.5 Å². The minimum Gasteiger partial charge on any atom is -0.480 e. The predicted octanol–water partition coefficient (Wildman–Crippen LogP) is 0.893. The summed E-state index contributed by atoms with van der Waals surface area (Å²) in [5.41, 5.74) is 0.735. The molecule has 1 atom stereocenters. The van der Waals surface area contributed by atoms with Crippen molar-refractivity contribution < 1.29 is 14.8 Å². The number of rotatable bonds is 4. The molecular formula is C13H18N4O4. The SMILES string of the molecule is Cc1cnc(N2CCN(C(C)C(=O)O)CC2)c([N+](=O)[O-])c1. The maximum absolute atomic E-state index is 11.1. The van der Waals surface area contributed by atoms with Gasteiger partial charge in [-0.25, -0.2) is 4.98 Å². The van der Waals surface area contributed by atoms with E-state index in [1.807, 2.05) is 9.80 Å². The molecule has 1 aromatic rings. The van der Waals surface area contributed by atoms with Crippen molar-refractivity contribution >= 4 is 17.5 Å². The van der Waals surface area contributed by atoms with Crippen LogP contribution in [-0.2, 0) is 4.79 Å². The molecule has 1 unspecified atom stereocenters. The van der Waals surface area contributed by atoms with Crippen LogP contribution in [0.15, 0.2) is 12.3 Å². The van der Waals surface area contributed by atoms with Crippen LogP contribution in [0.2, 0.25) is 0 Å². The zero-order valence-corrected chi connectivity index (χ0v) is 12.0. The largest absolute Gasteiger partial charge is 0.480 e. The summed E-state index contributed by atoms with van der Waals surface area (Å²) >= 11 is 0. The second-order valence-corrected chi connectivity index (χ2v) is 5.15. The molecule has 0 bridgehead atoms. The van der Waals surface area contributed by atoms with E-state index < -0.39 is 16.9 Å². The Kier molecular flexibility index (Phi) is 4.37. The molecule has 8 heteroatoms. The molecule has 1 aromatic heterocycles. The van der Waals surface area contributed by atoms with E-state index in [1.165, 1.54) is 6.07 Å². The van der Waals surface area contributed by atoms with Crippen molar-refractivity contribution in [3.63, 3.8) is 0 Å². The number of piperazine rings is 1. The van der Waals surface area contributed by atoms with Crippen molar-refractivity contribution in [3.8, 4) is 0 Å². The molecular weight excluding hydrogens is 276 g/mol. The lowest BCUT2D eigenvalue weighted by Gasteiger charge is -2.36. The van der Waals surface area contributed by atoms with Gasteiger partial charge in [-0.15, -0.1) is 0 Å². The molecule has 0 aliphatic carbocycles. The smallest absolute Gasteiger partial charge is 0.320 e. The summed E-state index contributed by atoms with van der Waals surface area (Å²) in [4.78, 5) is 29.5. The maximum atomic E-state index is 11.1. The van der Waals surface area contributed by atoms with Crippen LogP contribution >= 0.6 is 0 Å². The normalized spacial score (nSPS) is 17.5. The monoisotopic (exact) mass is 294 g/mol. The molecule has 1 saturated heterocycles. The zero-order chi connectivity index (χ0) is 15.6. The van der Waals surface area contributed by atoms with Gasteiger partial charge >= 0.3 is 11.7 Å². The highest BCUT2D eigenvalue weighted by Crippen LogP contribution is 2.27. The van der Waals surface area contributed by atoms with E-state index in [-0.39, 0.29) is 5.69 Å². The summed E-state index contributed by atoms with van der Waals surface area (Å²) in [6.45, 7) is 5.53. The first-order chi connectivity index (χ1) is 9.90. The number of hydrogen-bond donors (Lipinski definition) is 1. The van der Waals surface area contributed by atoms with E-state index >= 15 is 0 Å². The lowest BCUT2D eigenvalue weighted by atomic mass is 10.2. The molecule has 21 heavy (non-hydrogen) atoms. The average Bonchev–Trinajstić information content (AvgIpc) is 2.46. The van der Waals surface area contributed by atoms with Crippen LogP contribution in [0, 0.1) is 17.0 Å². The Bertz CT molecular complexity index is 555. The van der Waals surface area contributed by atoms with Crippen molar-refractivity contribution in [3.05, 3.63) is 27.9 Å². The number of aromatic nitrogens is 1. The summed E-state index contributed by atoms with van der Waals surface area (Å²) in [6, 6.07) is 0.960. The molecule has 0 radical (unpaired) electrons. The fraction of sp³-hybridized carbons (Fsp3) is 0.538. The van der Waals surface area contributed by atoms with E-state index in [4.69, 9.17) is 5.11 Å². The Morgan fingerprint density at radius 2 is 2.05 bits per heavy atom. The van der Waals surface area contributed by atoms with Gasteiger partial charge in [0.15, 0.2) is 0 Å². The van der Waals surface area contributed by atoms with Crippen molar-refractivity contribution in [2.45, 2.75) is 19.9 Å². The summed E-state index contributed by atoms with van der Waals surface area (Å²) in [5.74, 6) is -0.504. The van der Waals surface area contributed by atoms with Crippen LogP contribution in [0.1, 0.15) is 12.5 Å². The number of carboxylic acids is 1. The van der Waals surface area contributed by atoms with Gasteiger partial charge in [0, 0.05) is 38.4 Å². The first kappa shape index (κ1) is 15.2. The molecule has 114 valence electrons. The van der Waals surface area contributed by atoms with Crippen molar-refractivity contribution in [2.75, 3.05) is 31.1 Å². The molecule has 1 N–H and O–H groups in total. The molecule has 2 rings (SSSR count). The molecule has 1 fully saturated rings. The number of anilines is 1. The number of carbonyl (C=O) groups is 1. The van der Waals surface area contributed by atoms with Gasteiger partial charge in [0.05, 0.1) is 4.92 Å². The number of carboxylic acid groups (broad SMARTS) is 1. The molecule has 0 saturated carbocycles. The second kappa shape index (κ2) is 6.04. The third-order valence-corrected chi connectivity index (χ3v) is 3.70. The minimum atomic E-state index is -0.858. The predicted molar refractivity (Wildman–Crippen MR) is 76.5 cm³/mol. The van der Waals surface area contributed by atoms with Crippen molar-refractivity contribution in [2.24, 2.45) is 0 Å². The fourth-order valence-electron chi connectivity index (χ4n) is 2.40. The maximum Gasteiger partial charge on any atom is 0.320 e. The number of hydrogen-bond acceptors (Lipinski definition) is 6.